The number of hydrogen-bond acceptors (Lipinski definition) is 2. The minimum Gasteiger partial charge on any atom is -0.450 e. The molecule has 0 aliphatic rings. The van der Waals surface area contributed by atoms with E-state index in [1.54, 1.807) is 12.3 Å². The summed E-state index contributed by atoms with van der Waals surface area (Å²) < 4.78 is 1.01. The summed E-state index contributed by atoms with van der Waals surface area (Å²) >= 11 is 0. The molecule has 0 saturated heterocycles. The van der Waals surface area contributed by atoms with Crippen LogP contribution in [-0.4, -0.2) is 9.94 Å². The first-order chi connectivity index (χ1) is 11.6. The van der Waals surface area contributed by atoms with Gasteiger partial charge in [0.25, 0.3) is 0 Å². The van der Waals surface area contributed by atoms with E-state index in [0.717, 1.165) is 16.0 Å². The summed E-state index contributed by atoms with van der Waals surface area (Å²) in [6.07, 6.45) is 1.58. The third kappa shape index (κ3) is 9.38. The minimum atomic E-state index is 0. The van der Waals surface area contributed by atoms with Crippen molar-refractivity contribution >= 4 is 5.69 Å². The van der Waals surface area contributed by atoms with Gasteiger partial charge in [-0.3, -0.25) is 9.72 Å². The van der Waals surface area contributed by atoms with Crippen molar-refractivity contribution in [2.45, 2.75) is 27.7 Å². The quantitative estimate of drug-likeness (QED) is 0.451. The van der Waals surface area contributed by atoms with Crippen LogP contribution in [0.1, 0.15) is 25.0 Å². The Morgan fingerprint density at radius 2 is 1.56 bits per heavy atom. The molecule has 0 fully saturated rings. The second kappa shape index (κ2) is 13.6. The van der Waals surface area contributed by atoms with Gasteiger partial charge in [-0.15, -0.1) is 11.6 Å². The predicted molar refractivity (Wildman–Crippen MR) is 98.2 cm³/mol. The molecule has 0 aliphatic heterocycles. The first-order valence-electron chi connectivity index (χ1n) is 7.98. The van der Waals surface area contributed by atoms with E-state index in [9.17, 15) is 5.21 Å². The molecule has 0 aliphatic carbocycles. The zero-order valence-electron chi connectivity index (χ0n) is 15.3. The molecule has 25 heavy (non-hydrogen) atoms. The number of nitrogens with zero attached hydrogens (tertiary/aromatic N) is 2. The molecule has 0 spiro atoms. The largest absolute Gasteiger partial charge is 0.450 e. The topological polar surface area (TPSA) is 37.5 Å². The van der Waals surface area contributed by atoms with Crippen LogP contribution in [0.25, 0.3) is 0 Å². The van der Waals surface area contributed by atoms with E-state index >= 15 is 0 Å². The molecule has 0 unspecified atom stereocenters. The Kier molecular flexibility index (Phi) is 12.6. The van der Waals surface area contributed by atoms with Crippen molar-refractivity contribution in [2.75, 3.05) is 0 Å². The minimum absolute atomic E-state index is 0. The van der Waals surface area contributed by atoms with Crippen molar-refractivity contribution in [3.63, 3.8) is 0 Å². The zero-order valence-corrected chi connectivity index (χ0v) is 18.1. The standard InChI is InChI=1S/C13H13N2O.C6H5.C2H6.Y/c1-10-3-6-12(7-4-10)14-13-8-5-11(2)9-15(13)16;1-2-4-6-5-3-1;1-2;/h3-4,6-9,16H,1-2H3;1-5H;1-2H3;/q2*-1;;. The smallest absolute Gasteiger partial charge is 0.0548 e. The maximum absolute atomic E-state index is 9.61. The predicted octanol–water partition coefficient (Wildman–Crippen LogP) is 4.89. The fourth-order valence-electron chi connectivity index (χ4n) is 1.71. The molecule has 2 aromatic carbocycles. The average Bonchev–Trinajstić information content (AvgIpc) is 2.63. The molecular formula is C21H24N2OY-2. The van der Waals surface area contributed by atoms with E-state index in [2.05, 4.69) is 17.1 Å². The number of benzene rings is 2. The number of pyridine rings is 1. The van der Waals surface area contributed by atoms with Gasteiger partial charge in [-0.1, -0.05) is 44.7 Å². The van der Waals surface area contributed by atoms with E-state index in [1.165, 1.54) is 5.56 Å². The zero-order chi connectivity index (χ0) is 17.8. The van der Waals surface area contributed by atoms with Gasteiger partial charge in [-0.2, -0.15) is 42.5 Å². The van der Waals surface area contributed by atoms with Crippen LogP contribution in [0.5, 0.6) is 0 Å². The van der Waals surface area contributed by atoms with E-state index in [4.69, 9.17) is 0 Å². The molecule has 129 valence electrons. The van der Waals surface area contributed by atoms with Gasteiger partial charge in [0.05, 0.1) is 11.2 Å². The molecule has 0 bridgehead atoms. The molecule has 1 radical (unpaired) electrons. The Balaban J connectivity index is 0.000000540. The van der Waals surface area contributed by atoms with Crippen LogP contribution < -0.4 is 5.49 Å². The molecule has 4 heteroatoms. The van der Waals surface area contributed by atoms with Crippen LogP contribution in [0.2, 0.25) is 0 Å². The summed E-state index contributed by atoms with van der Waals surface area (Å²) in [4.78, 5) is 4.30. The van der Waals surface area contributed by atoms with Crippen molar-refractivity contribution in [1.29, 1.82) is 0 Å². The van der Waals surface area contributed by atoms with Crippen molar-refractivity contribution in [2.24, 2.45) is 4.99 Å². The molecule has 0 amide bonds. The van der Waals surface area contributed by atoms with E-state index in [-0.39, 0.29) is 32.7 Å². The van der Waals surface area contributed by atoms with Crippen molar-refractivity contribution in [1.82, 2.24) is 4.73 Å². The van der Waals surface area contributed by atoms with Gasteiger partial charge in [0.1, 0.15) is 0 Å². The van der Waals surface area contributed by atoms with Crippen LogP contribution in [0.3, 0.4) is 0 Å². The molecule has 0 saturated carbocycles. The van der Waals surface area contributed by atoms with E-state index in [0.29, 0.717) is 5.49 Å². The summed E-state index contributed by atoms with van der Waals surface area (Å²) in [5, 5.41) is 9.61. The van der Waals surface area contributed by atoms with Crippen molar-refractivity contribution in [3.8, 4) is 0 Å². The van der Waals surface area contributed by atoms with Crippen molar-refractivity contribution in [3.05, 3.63) is 95.6 Å². The molecule has 0 atom stereocenters. The third-order valence-corrected chi connectivity index (χ3v) is 2.86. The fourth-order valence-corrected chi connectivity index (χ4v) is 1.71. The number of hydrogen-bond donors (Lipinski definition) is 1. The molecule has 3 aromatic rings. The van der Waals surface area contributed by atoms with E-state index < -0.39 is 0 Å². The molecule has 3 nitrogen and oxygen atoms in total. The second-order valence-electron chi connectivity index (χ2n) is 4.83. The SMILES string of the molecule is CC.Cc1[c-]cc(=Nc2ccc(C)cc2)n(O)c1.[Y].[c-]1ccccc1. The van der Waals surface area contributed by atoms with Gasteiger partial charge in [-0.05, 0) is 19.1 Å². The summed E-state index contributed by atoms with van der Waals surface area (Å²) in [6.45, 7) is 7.89. The van der Waals surface area contributed by atoms with Crippen LogP contribution in [0, 0.1) is 26.0 Å². The maximum atomic E-state index is 9.61. The Morgan fingerprint density at radius 3 is 2.00 bits per heavy atom. The van der Waals surface area contributed by atoms with Gasteiger partial charge in [0, 0.05) is 32.7 Å². The number of rotatable bonds is 1. The van der Waals surface area contributed by atoms with Crippen molar-refractivity contribution < 1.29 is 37.9 Å². The Labute approximate surface area is 175 Å². The molecular weight excluding hydrogens is 385 g/mol. The van der Waals surface area contributed by atoms with Gasteiger partial charge in [0.2, 0.25) is 0 Å². The van der Waals surface area contributed by atoms with Gasteiger partial charge < -0.3 is 5.21 Å². The van der Waals surface area contributed by atoms with Gasteiger partial charge in [-0.25, -0.2) is 0 Å². The first-order valence-corrected chi connectivity index (χ1v) is 7.98. The summed E-state index contributed by atoms with van der Waals surface area (Å²) in [5.41, 5.74) is 3.33. The Bertz CT molecular complexity index is 739. The molecule has 1 N–H and O–H groups in total. The van der Waals surface area contributed by atoms with Crippen LogP contribution in [0.15, 0.2) is 71.9 Å². The normalized spacial score (nSPS) is 9.68. The molecule has 1 heterocycles. The summed E-state index contributed by atoms with van der Waals surface area (Å²) in [6, 6.07) is 25.0. The number of aromatic nitrogens is 1. The Hall–Kier alpha value is -1.71. The third-order valence-electron chi connectivity index (χ3n) is 2.86. The fraction of sp³-hybridized carbons (Fsp3) is 0.190. The second-order valence-corrected chi connectivity index (χ2v) is 4.83. The molecule has 1 aromatic heterocycles. The average molecular weight is 409 g/mol. The van der Waals surface area contributed by atoms with Crippen LogP contribution in [0.4, 0.5) is 5.69 Å². The number of aryl methyl sites for hydroxylation is 2. The first kappa shape index (κ1) is 23.3. The van der Waals surface area contributed by atoms with Gasteiger partial charge in [0.15, 0.2) is 0 Å². The van der Waals surface area contributed by atoms with Crippen LogP contribution >= 0.6 is 0 Å². The van der Waals surface area contributed by atoms with Gasteiger partial charge >= 0.3 is 0 Å². The Morgan fingerprint density at radius 1 is 0.960 bits per heavy atom. The summed E-state index contributed by atoms with van der Waals surface area (Å²) in [7, 11) is 0. The molecule has 3 rings (SSSR count). The summed E-state index contributed by atoms with van der Waals surface area (Å²) in [5.74, 6) is 0. The van der Waals surface area contributed by atoms with Crippen LogP contribution in [-0.2, 0) is 32.7 Å². The maximum Gasteiger partial charge on any atom is 0.0548 e. The monoisotopic (exact) mass is 409 g/mol. The van der Waals surface area contributed by atoms with E-state index in [1.807, 2.05) is 82.3 Å².